The van der Waals surface area contributed by atoms with Gasteiger partial charge in [0, 0.05) is 30.9 Å². The van der Waals surface area contributed by atoms with Crippen LogP contribution in [0, 0.1) is 0 Å². The van der Waals surface area contributed by atoms with Crippen LogP contribution >= 0.6 is 0 Å². The minimum atomic E-state index is 0.645. The number of fused-ring (bicyclic) bond motifs is 1. The van der Waals surface area contributed by atoms with Gasteiger partial charge in [-0.3, -0.25) is 4.98 Å². The van der Waals surface area contributed by atoms with Crippen LogP contribution in [0.3, 0.4) is 0 Å². The van der Waals surface area contributed by atoms with E-state index in [9.17, 15) is 0 Å². The summed E-state index contributed by atoms with van der Waals surface area (Å²) in [6.45, 7) is 1.43. The Bertz CT molecular complexity index is 735. The smallest absolute Gasteiger partial charge is 0.0722 e. The van der Waals surface area contributed by atoms with Crippen LogP contribution in [0.15, 0.2) is 60.8 Å². The van der Waals surface area contributed by atoms with Gasteiger partial charge in [-0.1, -0.05) is 42.5 Å². The molecule has 0 aliphatic rings. The summed E-state index contributed by atoms with van der Waals surface area (Å²) in [5.41, 5.74) is 4.55. The number of benzene rings is 2. The van der Waals surface area contributed by atoms with Crippen molar-refractivity contribution in [1.82, 2.24) is 4.98 Å². The zero-order valence-electron chi connectivity index (χ0n) is 12.0. The van der Waals surface area contributed by atoms with Crippen molar-refractivity contribution >= 4 is 16.6 Å². The summed E-state index contributed by atoms with van der Waals surface area (Å²) in [5.74, 6) is 0. The van der Waals surface area contributed by atoms with Crippen molar-refractivity contribution in [2.24, 2.45) is 0 Å². The highest BCUT2D eigenvalue weighted by Gasteiger charge is 2.01. The largest absolute Gasteiger partial charge is 0.380 e. The van der Waals surface area contributed by atoms with Gasteiger partial charge in [0.1, 0.15) is 0 Å². The molecular formula is C18H18N2O. The van der Waals surface area contributed by atoms with Gasteiger partial charge in [-0.2, -0.15) is 0 Å². The van der Waals surface area contributed by atoms with Crippen LogP contribution in [0.4, 0.5) is 5.69 Å². The Kier molecular flexibility index (Phi) is 4.12. The van der Waals surface area contributed by atoms with E-state index in [2.05, 4.69) is 40.6 Å². The van der Waals surface area contributed by atoms with E-state index in [1.54, 1.807) is 7.11 Å². The highest BCUT2D eigenvalue weighted by Crippen LogP contribution is 2.21. The van der Waals surface area contributed by atoms with Crippen molar-refractivity contribution in [2.75, 3.05) is 12.4 Å². The Morgan fingerprint density at radius 3 is 2.76 bits per heavy atom. The van der Waals surface area contributed by atoms with Gasteiger partial charge in [-0.25, -0.2) is 0 Å². The molecule has 0 unspecified atom stereocenters. The van der Waals surface area contributed by atoms with Gasteiger partial charge in [0.2, 0.25) is 0 Å². The van der Waals surface area contributed by atoms with Crippen molar-refractivity contribution in [3.63, 3.8) is 0 Å². The average Bonchev–Trinajstić information content (AvgIpc) is 2.53. The predicted molar refractivity (Wildman–Crippen MR) is 86.2 cm³/mol. The zero-order valence-corrected chi connectivity index (χ0v) is 12.0. The van der Waals surface area contributed by atoms with Crippen LogP contribution < -0.4 is 5.32 Å². The Labute approximate surface area is 124 Å². The molecule has 0 radical (unpaired) electrons. The normalized spacial score (nSPS) is 10.7. The van der Waals surface area contributed by atoms with E-state index in [0.29, 0.717) is 6.61 Å². The lowest BCUT2D eigenvalue weighted by Crippen LogP contribution is -2.01. The summed E-state index contributed by atoms with van der Waals surface area (Å²) >= 11 is 0. The molecule has 106 valence electrons. The lowest BCUT2D eigenvalue weighted by Gasteiger charge is -2.10. The number of aromatic nitrogens is 1. The SMILES string of the molecule is COCc1cccc(CNc2ccnc3ccccc23)c1. The van der Waals surface area contributed by atoms with Gasteiger partial charge in [0.15, 0.2) is 0 Å². The lowest BCUT2D eigenvalue weighted by molar-refractivity contribution is 0.185. The molecule has 1 N–H and O–H groups in total. The van der Waals surface area contributed by atoms with Gasteiger partial charge >= 0.3 is 0 Å². The molecule has 0 spiro atoms. The molecule has 1 aromatic heterocycles. The monoisotopic (exact) mass is 278 g/mol. The van der Waals surface area contributed by atoms with E-state index in [-0.39, 0.29) is 0 Å². The van der Waals surface area contributed by atoms with Crippen LogP contribution in [0.2, 0.25) is 0 Å². The molecular weight excluding hydrogens is 260 g/mol. The first kappa shape index (κ1) is 13.6. The van der Waals surface area contributed by atoms with Gasteiger partial charge in [-0.05, 0) is 23.3 Å². The Morgan fingerprint density at radius 1 is 1.00 bits per heavy atom. The fourth-order valence-electron chi connectivity index (χ4n) is 2.44. The van der Waals surface area contributed by atoms with Gasteiger partial charge in [-0.15, -0.1) is 0 Å². The molecule has 0 saturated carbocycles. The van der Waals surface area contributed by atoms with Gasteiger partial charge < -0.3 is 10.1 Å². The van der Waals surface area contributed by atoms with Crippen LogP contribution in [0.1, 0.15) is 11.1 Å². The number of hydrogen-bond acceptors (Lipinski definition) is 3. The number of rotatable bonds is 5. The Balaban J connectivity index is 1.79. The van der Waals surface area contributed by atoms with Crippen molar-refractivity contribution in [3.8, 4) is 0 Å². The minimum Gasteiger partial charge on any atom is -0.380 e. The highest BCUT2D eigenvalue weighted by atomic mass is 16.5. The van der Waals surface area contributed by atoms with Crippen molar-refractivity contribution in [3.05, 3.63) is 71.9 Å². The number of ether oxygens (including phenoxy) is 1. The third kappa shape index (κ3) is 3.20. The number of anilines is 1. The summed E-state index contributed by atoms with van der Waals surface area (Å²) in [5, 5.41) is 4.64. The Hall–Kier alpha value is -2.39. The molecule has 3 heteroatoms. The van der Waals surface area contributed by atoms with Crippen molar-refractivity contribution < 1.29 is 4.74 Å². The van der Waals surface area contributed by atoms with E-state index >= 15 is 0 Å². The number of methoxy groups -OCH3 is 1. The van der Waals surface area contributed by atoms with E-state index in [1.807, 2.05) is 30.5 Å². The maximum atomic E-state index is 5.17. The summed E-state index contributed by atoms with van der Waals surface area (Å²) < 4.78 is 5.17. The molecule has 0 amide bonds. The maximum absolute atomic E-state index is 5.17. The third-order valence-electron chi connectivity index (χ3n) is 3.43. The Morgan fingerprint density at radius 2 is 1.86 bits per heavy atom. The minimum absolute atomic E-state index is 0.645. The molecule has 0 saturated heterocycles. The molecule has 3 aromatic rings. The molecule has 0 aliphatic carbocycles. The van der Waals surface area contributed by atoms with Crippen LogP contribution in [-0.2, 0) is 17.9 Å². The predicted octanol–water partition coefficient (Wildman–Crippen LogP) is 3.99. The topological polar surface area (TPSA) is 34.1 Å². The van der Waals surface area contributed by atoms with E-state index < -0.39 is 0 Å². The molecule has 21 heavy (non-hydrogen) atoms. The second-order valence-electron chi connectivity index (χ2n) is 4.98. The molecule has 2 aromatic carbocycles. The highest BCUT2D eigenvalue weighted by molar-refractivity contribution is 5.90. The van der Waals surface area contributed by atoms with Crippen LogP contribution in [-0.4, -0.2) is 12.1 Å². The molecule has 0 aliphatic heterocycles. The summed E-state index contributed by atoms with van der Waals surface area (Å²) in [4.78, 5) is 4.38. The van der Waals surface area contributed by atoms with E-state index in [0.717, 1.165) is 23.1 Å². The number of nitrogens with zero attached hydrogens (tertiary/aromatic N) is 1. The second kappa shape index (κ2) is 6.37. The van der Waals surface area contributed by atoms with Crippen LogP contribution in [0.25, 0.3) is 10.9 Å². The fourth-order valence-corrected chi connectivity index (χ4v) is 2.44. The molecule has 3 nitrogen and oxygen atoms in total. The summed E-state index contributed by atoms with van der Waals surface area (Å²) in [7, 11) is 1.72. The van der Waals surface area contributed by atoms with E-state index in [1.165, 1.54) is 11.1 Å². The van der Waals surface area contributed by atoms with E-state index in [4.69, 9.17) is 4.74 Å². The number of pyridine rings is 1. The first-order valence-electron chi connectivity index (χ1n) is 7.01. The number of nitrogens with one attached hydrogen (secondary N) is 1. The average molecular weight is 278 g/mol. The first-order valence-corrected chi connectivity index (χ1v) is 7.01. The maximum Gasteiger partial charge on any atom is 0.0722 e. The molecule has 0 atom stereocenters. The van der Waals surface area contributed by atoms with Crippen molar-refractivity contribution in [2.45, 2.75) is 13.2 Å². The van der Waals surface area contributed by atoms with Crippen LogP contribution in [0.5, 0.6) is 0 Å². The fraction of sp³-hybridized carbons (Fsp3) is 0.167. The molecule has 0 bridgehead atoms. The molecule has 1 heterocycles. The molecule has 3 rings (SSSR count). The van der Waals surface area contributed by atoms with Crippen molar-refractivity contribution in [1.29, 1.82) is 0 Å². The summed E-state index contributed by atoms with van der Waals surface area (Å²) in [6.07, 6.45) is 1.84. The van der Waals surface area contributed by atoms with Gasteiger partial charge in [0.25, 0.3) is 0 Å². The lowest BCUT2D eigenvalue weighted by atomic mass is 10.1. The standard InChI is InChI=1S/C18H18N2O/c1-21-13-15-6-4-5-14(11-15)12-20-18-9-10-19-17-8-3-2-7-16(17)18/h2-11H,12-13H2,1H3,(H,19,20). The third-order valence-corrected chi connectivity index (χ3v) is 3.43. The summed E-state index contributed by atoms with van der Waals surface area (Å²) in [6, 6.07) is 18.6. The number of hydrogen-bond donors (Lipinski definition) is 1. The zero-order chi connectivity index (χ0) is 14.5. The quantitative estimate of drug-likeness (QED) is 0.766. The second-order valence-corrected chi connectivity index (χ2v) is 4.98. The molecule has 0 fully saturated rings. The first-order chi connectivity index (χ1) is 10.4. The number of para-hydroxylation sites is 1. The van der Waals surface area contributed by atoms with Gasteiger partial charge in [0.05, 0.1) is 12.1 Å².